The van der Waals surface area contributed by atoms with Gasteiger partial charge < -0.3 is 4.74 Å². The summed E-state index contributed by atoms with van der Waals surface area (Å²) < 4.78 is 60.6. The van der Waals surface area contributed by atoms with Crippen molar-refractivity contribution in [3.8, 4) is 5.75 Å². The molecule has 3 aromatic rings. The van der Waals surface area contributed by atoms with Crippen molar-refractivity contribution in [1.29, 1.82) is 0 Å². The second-order valence-electron chi connectivity index (χ2n) is 8.13. The zero-order chi connectivity index (χ0) is 26.5. The predicted molar refractivity (Wildman–Crippen MR) is 138 cm³/mol. The Hall–Kier alpha value is -3.58. The van der Waals surface area contributed by atoms with Crippen LogP contribution in [-0.2, 0) is 24.8 Å². The van der Waals surface area contributed by atoms with Gasteiger partial charge in [-0.25, -0.2) is 22.3 Å². The van der Waals surface area contributed by atoms with Crippen molar-refractivity contribution in [3.63, 3.8) is 0 Å². The van der Waals surface area contributed by atoms with E-state index < -0.39 is 32.0 Å². The molecule has 0 aliphatic carbocycles. The highest BCUT2D eigenvalue weighted by molar-refractivity contribution is 7.89. The van der Waals surface area contributed by atoms with E-state index in [0.29, 0.717) is 11.3 Å². The van der Waals surface area contributed by atoms with Crippen molar-refractivity contribution in [2.75, 3.05) is 26.7 Å². The van der Waals surface area contributed by atoms with Crippen LogP contribution in [-0.4, -0.2) is 70.4 Å². The minimum atomic E-state index is -4.09. The molecule has 4 rings (SSSR count). The van der Waals surface area contributed by atoms with Crippen LogP contribution in [0.15, 0.2) is 99.8 Å². The highest BCUT2D eigenvalue weighted by Gasteiger charge is 2.43. The van der Waals surface area contributed by atoms with Crippen molar-refractivity contribution in [2.24, 2.45) is 5.10 Å². The molecule has 0 spiro atoms. The van der Waals surface area contributed by atoms with Crippen molar-refractivity contribution in [1.82, 2.24) is 14.0 Å². The third-order valence-electron chi connectivity index (χ3n) is 5.81. The average Bonchev–Trinajstić information content (AvgIpc) is 2.93. The van der Waals surface area contributed by atoms with Gasteiger partial charge in [0.2, 0.25) is 20.0 Å². The fourth-order valence-corrected chi connectivity index (χ4v) is 6.95. The van der Waals surface area contributed by atoms with E-state index in [1.165, 1.54) is 37.6 Å². The molecule has 0 saturated carbocycles. The fraction of sp³-hybridized carbons (Fsp3) is 0.200. The number of amides is 1. The number of hydrogen-bond acceptors (Lipinski definition) is 7. The van der Waals surface area contributed by atoms with E-state index in [9.17, 15) is 21.6 Å². The maximum atomic E-state index is 13.4. The van der Waals surface area contributed by atoms with Gasteiger partial charge in [0.25, 0.3) is 5.91 Å². The Bertz CT molecular complexity index is 1480. The topological polar surface area (TPSA) is 125 Å². The van der Waals surface area contributed by atoms with Gasteiger partial charge in [-0.1, -0.05) is 48.5 Å². The molecule has 1 heterocycles. The molecule has 1 aliphatic rings. The summed E-state index contributed by atoms with van der Waals surface area (Å²) in [5.74, 6) is -0.156. The van der Waals surface area contributed by atoms with Gasteiger partial charge in [0.05, 0.1) is 23.1 Å². The first kappa shape index (κ1) is 26.5. The Morgan fingerprint density at radius 3 is 2.14 bits per heavy atom. The normalized spacial score (nSPS) is 17.5. The molecule has 1 N–H and O–H groups in total. The molecule has 0 unspecified atom stereocenters. The minimum Gasteiger partial charge on any atom is -0.497 e. The second kappa shape index (κ2) is 11.2. The Balaban J connectivity index is 1.62. The summed E-state index contributed by atoms with van der Waals surface area (Å²) in [6.07, 6.45) is 1.39. The number of nitrogens with zero attached hydrogens (tertiary/aromatic N) is 3. The quantitative estimate of drug-likeness (QED) is 0.342. The van der Waals surface area contributed by atoms with Crippen molar-refractivity contribution in [3.05, 3.63) is 90.5 Å². The van der Waals surface area contributed by atoms with Gasteiger partial charge in [0, 0.05) is 19.6 Å². The fourth-order valence-electron chi connectivity index (χ4n) is 3.90. The molecule has 1 amide bonds. The maximum Gasteiger partial charge on any atom is 0.259 e. The molecule has 3 aromatic carbocycles. The first-order valence-corrected chi connectivity index (χ1v) is 14.2. The first-order valence-electron chi connectivity index (χ1n) is 11.3. The summed E-state index contributed by atoms with van der Waals surface area (Å²) in [4.78, 5) is 13.3. The number of hydrogen-bond donors (Lipinski definition) is 1. The molecule has 0 aromatic heterocycles. The molecule has 1 aliphatic heterocycles. The molecule has 10 nitrogen and oxygen atoms in total. The lowest BCUT2D eigenvalue weighted by atomic mass is 10.2. The first-order chi connectivity index (χ1) is 17.7. The molecule has 0 bridgehead atoms. The van der Waals surface area contributed by atoms with Gasteiger partial charge >= 0.3 is 0 Å². The van der Waals surface area contributed by atoms with Gasteiger partial charge in [-0.2, -0.15) is 13.7 Å². The Kier molecular flexibility index (Phi) is 8.03. The molecular formula is C25H26N4O6S2. The van der Waals surface area contributed by atoms with E-state index in [1.54, 1.807) is 60.7 Å². The van der Waals surface area contributed by atoms with E-state index in [4.69, 9.17) is 4.74 Å². The smallest absolute Gasteiger partial charge is 0.259 e. The van der Waals surface area contributed by atoms with Crippen LogP contribution in [0.2, 0.25) is 0 Å². The lowest BCUT2D eigenvalue weighted by molar-refractivity contribution is -0.125. The molecular weight excluding hydrogens is 516 g/mol. The number of hydrazone groups is 1. The summed E-state index contributed by atoms with van der Waals surface area (Å²) >= 11 is 0. The Morgan fingerprint density at radius 2 is 1.51 bits per heavy atom. The van der Waals surface area contributed by atoms with Gasteiger partial charge in [-0.15, -0.1) is 0 Å². The Morgan fingerprint density at radius 1 is 0.892 bits per heavy atom. The summed E-state index contributed by atoms with van der Waals surface area (Å²) in [6, 6.07) is 21.1. The zero-order valence-corrected chi connectivity index (χ0v) is 21.6. The van der Waals surface area contributed by atoms with Crippen LogP contribution < -0.4 is 10.2 Å². The van der Waals surface area contributed by atoms with Gasteiger partial charge in [-0.3, -0.25) is 4.79 Å². The molecule has 1 saturated heterocycles. The third kappa shape index (κ3) is 5.88. The second-order valence-corrected chi connectivity index (χ2v) is 12.0. The van der Waals surface area contributed by atoms with E-state index in [1.807, 2.05) is 0 Å². The molecule has 1 fully saturated rings. The number of rotatable bonds is 8. The number of benzene rings is 3. The van der Waals surface area contributed by atoms with Gasteiger partial charge in [0.15, 0.2) is 0 Å². The van der Waals surface area contributed by atoms with Gasteiger partial charge in [0.1, 0.15) is 11.8 Å². The molecule has 37 heavy (non-hydrogen) atoms. The van der Waals surface area contributed by atoms with Crippen LogP contribution in [0, 0.1) is 0 Å². The van der Waals surface area contributed by atoms with Crippen LogP contribution in [0.25, 0.3) is 0 Å². The van der Waals surface area contributed by atoms with Crippen molar-refractivity contribution < 1.29 is 26.4 Å². The average molecular weight is 543 g/mol. The number of piperazine rings is 1. The van der Waals surface area contributed by atoms with Gasteiger partial charge in [-0.05, 0) is 42.0 Å². The molecule has 12 heteroatoms. The predicted octanol–water partition coefficient (Wildman–Crippen LogP) is 1.91. The van der Waals surface area contributed by atoms with E-state index in [2.05, 4.69) is 10.5 Å². The van der Waals surface area contributed by atoms with E-state index in [-0.39, 0.29) is 29.4 Å². The summed E-state index contributed by atoms with van der Waals surface area (Å²) in [7, 11) is -6.52. The number of methoxy groups -OCH3 is 1. The number of carbonyl (C=O) groups excluding carboxylic acids is 1. The van der Waals surface area contributed by atoms with Crippen LogP contribution in [0.5, 0.6) is 5.75 Å². The van der Waals surface area contributed by atoms with Crippen LogP contribution in [0.3, 0.4) is 0 Å². The largest absolute Gasteiger partial charge is 0.497 e. The molecule has 0 radical (unpaired) electrons. The van der Waals surface area contributed by atoms with Crippen LogP contribution in [0.4, 0.5) is 0 Å². The number of sulfonamides is 2. The van der Waals surface area contributed by atoms with E-state index in [0.717, 1.165) is 8.61 Å². The summed E-state index contributed by atoms with van der Waals surface area (Å²) in [6.45, 7) is -0.690. The third-order valence-corrected chi connectivity index (χ3v) is 9.61. The van der Waals surface area contributed by atoms with Crippen LogP contribution in [0.1, 0.15) is 5.56 Å². The zero-order valence-electron chi connectivity index (χ0n) is 20.0. The lowest BCUT2D eigenvalue weighted by Crippen LogP contribution is -2.60. The van der Waals surface area contributed by atoms with Crippen LogP contribution >= 0.6 is 0 Å². The van der Waals surface area contributed by atoms with Crippen molar-refractivity contribution in [2.45, 2.75) is 15.8 Å². The molecule has 1 atom stereocenters. The highest BCUT2D eigenvalue weighted by atomic mass is 32.2. The van der Waals surface area contributed by atoms with Crippen molar-refractivity contribution >= 4 is 32.2 Å². The monoisotopic (exact) mass is 542 g/mol. The SMILES string of the molecule is COc1cccc(/C=N\NC(=O)[C@@H]2CN(S(=O)(=O)c3ccccc3)CCN2S(=O)(=O)c2ccccc2)c1. The maximum absolute atomic E-state index is 13.4. The number of nitrogens with one attached hydrogen (secondary N) is 1. The Labute approximate surface area is 216 Å². The summed E-state index contributed by atoms with van der Waals surface area (Å²) in [5, 5.41) is 3.96. The van der Waals surface area contributed by atoms with E-state index >= 15 is 0 Å². The molecule has 194 valence electrons. The summed E-state index contributed by atoms with van der Waals surface area (Å²) in [5.41, 5.74) is 3.01. The number of carbonyl (C=O) groups is 1. The highest BCUT2D eigenvalue weighted by Crippen LogP contribution is 2.25. The lowest BCUT2D eigenvalue weighted by Gasteiger charge is -2.38. The standard InChI is InChI=1S/C25H26N4O6S2/c1-35-21-10-8-9-20(17-21)18-26-27-25(30)24-19-28(36(31,32)22-11-4-2-5-12-22)15-16-29(24)37(33,34)23-13-6-3-7-14-23/h2-14,17-18,24H,15-16,19H2,1H3,(H,27,30)/b26-18-/t24-/m0/s1. The minimum absolute atomic E-state index is 0.00653. The number of ether oxygens (including phenoxy) is 1.